The van der Waals surface area contributed by atoms with Crippen molar-refractivity contribution in [3.63, 3.8) is 0 Å². The van der Waals surface area contributed by atoms with Crippen molar-refractivity contribution in [2.45, 2.75) is 6.42 Å². The molecule has 0 aliphatic carbocycles. The first-order valence-corrected chi connectivity index (χ1v) is 5.78. The fourth-order valence-electron chi connectivity index (χ4n) is 1.52. The van der Waals surface area contributed by atoms with Crippen LogP contribution in [0.1, 0.15) is 16.1 Å². The number of nitrogen functional groups attached to an aromatic ring is 1. The molecule has 0 amide bonds. The van der Waals surface area contributed by atoms with Crippen LogP contribution in [0.15, 0.2) is 28.9 Å². The molecule has 0 atom stereocenters. The number of aryl methyl sites for hydroxylation is 1. The SMILES string of the molecule is Cn1cc(CC(=O)c2cc(N)cc(Br)c2)nn1. The summed E-state index contributed by atoms with van der Waals surface area (Å²) in [6, 6.07) is 5.15. The number of aromatic nitrogens is 3. The zero-order valence-corrected chi connectivity index (χ0v) is 10.8. The first-order valence-electron chi connectivity index (χ1n) is 4.99. The second-order valence-corrected chi connectivity index (χ2v) is 4.67. The van der Waals surface area contributed by atoms with Crippen molar-refractivity contribution in [2.24, 2.45) is 7.05 Å². The van der Waals surface area contributed by atoms with Gasteiger partial charge in [-0.3, -0.25) is 9.48 Å². The number of ketones is 1. The largest absolute Gasteiger partial charge is 0.399 e. The molecule has 1 aromatic heterocycles. The molecule has 2 N–H and O–H groups in total. The van der Waals surface area contributed by atoms with Crippen LogP contribution in [0.4, 0.5) is 5.69 Å². The number of rotatable bonds is 3. The summed E-state index contributed by atoms with van der Waals surface area (Å²) in [5, 5.41) is 7.65. The van der Waals surface area contributed by atoms with Crippen molar-refractivity contribution in [3.05, 3.63) is 40.1 Å². The number of nitrogens with two attached hydrogens (primary N) is 1. The summed E-state index contributed by atoms with van der Waals surface area (Å²) in [5.41, 5.74) is 7.46. The van der Waals surface area contributed by atoms with Crippen molar-refractivity contribution < 1.29 is 4.79 Å². The van der Waals surface area contributed by atoms with E-state index in [-0.39, 0.29) is 12.2 Å². The molecule has 0 bridgehead atoms. The Hall–Kier alpha value is -1.69. The highest BCUT2D eigenvalue weighted by Crippen LogP contribution is 2.18. The maximum absolute atomic E-state index is 12.0. The van der Waals surface area contributed by atoms with Gasteiger partial charge in [-0.1, -0.05) is 21.1 Å². The molecule has 0 radical (unpaired) electrons. The molecule has 1 aromatic carbocycles. The molecule has 0 saturated heterocycles. The third-order valence-electron chi connectivity index (χ3n) is 2.23. The lowest BCUT2D eigenvalue weighted by Gasteiger charge is -2.01. The fraction of sp³-hybridized carbons (Fsp3) is 0.182. The van der Waals surface area contributed by atoms with Crippen LogP contribution in [-0.4, -0.2) is 20.8 Å². The third kappa shape index (κ3) is 2.91. The van der Waals surface area contributed by atoms with Gasteiger partial charge < -0.3 is 5.73 Å². The highest BCUT2D eigenvalue weighted by atomic mass is 79.9. The van der Waals surface area contributed by atoms with Crippen molar-refractivity contribution in [2.75, 3.05) is 5.73 Å². The van der Waals surface area contributed by atoms with Gasteiger partial charge in [0.25, 0.3) is 0 Å². The topological polar surface area (TPSA) is 73.8 Å². The Balaban J connectivity index is 2.19. The van der Waals surface area contributed by atoms with Crippen molar-refractivity contribution >= 4 is 27.4 Å². The van der Waals surface area contributed by atoms with Gasteiger partial charge >= 0.3 is 0 Å². The maximum Gasteiger partial charge on any atom is 0.169 e. The molecule has 1 heterocycles. The molecule has 6 heteroatoms. The van der Waals surface area contributed by atoms with Crippen LogP contribution in [0.2, 0.25) is 0 Å². The normalized spacial score (nSPS) is 10.5. The molecule has 0 unspecified atom stereocenters. The van der Waals surface area contributed by atoms with E-state index in [1.165, 1.54) is 0 Å². The Labute approximate surface area is 107 Å². The molecule has 0 fully saturated rings. The number of halogens is 1. The summed E-state index contributed by atoms with van der Waals surface area (Å²) in [6.45, 7) is 0. The lowest BCUT2D eigenvalue weighted by atomic mass is 10.1. The summed E-state index contributed by atoms with van der Waals surface area (Å²) in [5.74, 6) is -0.0292. The molecule has 88 valence electrons. The number of carbonyl (C=O) groups excluding carboxylic acids is 1. The van der Waals surface area contributed by atoms with Gasteiger partial charge in [0.1, 0.15) is 0 Å². The van der Waals surface area contributed by atoms with E-state index < -0.39 is 0 Å². The Morgan fingerprint density at radius 2 is 2.24 bits per heavy atom. The fourth-order valence-corrected chi connectivity index (χ4v) is 2.03. The molecule has 0 aliphatic heterocycles. The lowest BCUT2D eigenvalue weighted by Crippen LogP contribution is -2.04. The van der Waals surface area contributed by atoms with Crippen molar-refractivity contribution in [1.82, 2.24) is 15.0 Å². The average molecular weight is 295 g/mol. The van der Waals surface area contributed by atoms with Crippen LogP contribution < -0.4 is 5.73 Å². The van der Waals surface area contributed by atoms with Crippen LogP contribution in [0.5, 0.6) is 0 Å². The summed E-state index contributed by atoms with van der Waals surface area (Å²) >= 11 is 3.31. The minimum Gasteiger partial charge on any atom is -0.399 e. The van der Waals surface area contributed by atoms with Crippen LogP contribution in [0, 0.1) is 0 Å². The molecular weight excluding hydrogens is 284 g/mol. The number of carbonyl (C=O) groups is 1. The minimum absolute atomic E-state index is 0.0292. The quantitative estimate of drug-likeness (QED) is 0.689. The average Bonchev–Trinajstić information content (AvgIpc) is 2.62. The first kappa shape index (κ1) is 11.8. The zero-order chi connectivity index (χ0) is 12.4. The number of hydrogen-bond donors (Lipinski definition) is 1. The van der Waals surface area contributed by atoms with E-state index in [0.717, 1.165) is 4.47 Å². The number of Topliss-reactive ketones (excluding diaryl/α,β-unsaturated/α-hetero) is 1. The van der Waals surface area contributed by atoms with E-state index in [0.29, 0.717) is 16.9 Å². The highest BCUT2D eigenvalue weighted by molar-refractivity contribution is 9.10. The molecular formula is C11H11BrN4O. The predicted octanol–water partition coefficient (Wildman–Crippen LogP) is 1.59. The first-order chi connectivity index (χ1) is 8.04. The molecule has 5 nitrogen and oxygen atoms in total. The smallest absolute Gasteiger partial charge is 0.169 e. The van der Waals surface area contributed by atoms with Crippen LogP contribution in [0.25, 0.3) is 0 Å². The standard InChI is InChI=1S/C11H11BrN4O/c1-16-6-10(14-15-16)5-11(17)7-2-8(12)4-9(13)3-7/h2-4,6H,5,13H2,1H3. The van der Waals surface area contributed by atoms with E-state index in [2.05, 4.69) is 26.2 Å². The van der Waals surface area contributed by atoms with E-state index in [9.17, 15) is 4.79 Å². The Morgan fingerprint density at radius 3 is 2.82 bits per heavy atom. The van der Waals surface area contributed by atoms with E-state index >= 15 is 0 Å². The van der Waals surface area contributed by atoms with Gasteiger partial charge in [-0.05, 0) is 18.2 Å². The van der Waals surface area contributed by atoms with Gasteiger partial charge in [0.15, 0.2) is 5.78 Å². The van der Waals surface area contributed by atoms with E-state index in [4.69, 9.17) is 5.73 Å². The Bertz CT molecular complexity index is 544. The molecule has 0 spiro atoms. The molecule has 2 rings (SSSR count). The van der Waals surface area contributed by atoms with E-state index in [1.807, 2.05) is 0 Å². The van der Waals surface area contributed by atoms with Crippen LogP contribution in [0.3, 0.4) is 0 Å². The second kappa shape index (κ2) is 4.67. The van der Waals surface area contributed by atoms with Gasteiger partial charge in [-0.15, -0.1) is 5.10 Å². The van der Waals surface area contributed by atoms with E-state index in [1.54, 1.807) is 36.1 Å². The highest BCUT2D eigenvalue weighted by Gasteiger charge is 2.10. The number of anilines is 1. The number of nitrogens with zero attached hydrogens (tertiary/aromatic N) is 3. The zero-order valence-electron chi connectivity index (χ0n) is 9.22. The number of hydrogen-bond acceptors (Lipinski definition) is 4. The van der Waals surface area contributed by atoms with Crippen LogP contribution >= 0.6 is 15.9 Å². The molecule has 0 aliphatic rings. The Kier molecular flexibility index (Phi) is 3.23. The maximum atomic E-state index is 12.0. The van der Waals surface area contributed by atoms with Gasteiger partial charge in [-0.25, -0.2) is 0 Å². The van der Waals surface area contributed by atoms with Crippen molar-refractivity contribution in [3.8, 4) is 0 Å². The monoisotopic (exact) mass is 294 g/mol. The summed E-state index contributed by atoms with van der Waals surface area (Å²) in [7, 11) is 1.76. The van der Waals surface area contributed by atoms with Crippen molar-refractivity contribution in [1.29, 1.82) is 0 Å². The van der Waals surface area contributed by atoms with Crippen LogP contribution in [-0.2, 0) is 13.5 Å². The van der Waals surface area contributed by atoms with Gasteiger partial charge in [0.05, 0.1) is 12.1 Å². The van der Waals surface area contributed by atoms with Gasteiger partial charge in [0, 0.05) is 29.0 Å². The Morgan fingerprint density at radius 1 is 1.47 bits per heavy atom. The summed E-state index contributed by atoms with van der Waals surface area (Å²) in [4.78, 5) is 12.0. The molecule has 2 aromatic rings. The second-order valence-electron chi connectivity index (χ2n) is 3.76. The lowest BCUT2D eigenvalue weighted by molar-refractivity contribution is 0.0992. The van der Waals surface area contributed by atoms with Gasteiger partial charge in [0.2, 0.25) is 0 Å². The minimum atomic E-state index is -0.0292. The summed E-state index contributed by atoms with van der Waals surface area (Å²) < 4.78 is 2.36. The summed E-state index contributed by atoms with van der Waals surface area (Å²) in [6.07, 6.45) is 1.95. The predicted molar refractivity (Wildman–Crippen MR) is 67.6 cm³/mol. The molecule has 17 heavy (non-hydrogen) atoms. The number of benzene rings is 1. The van der Waals surface area contributed by atoms with Gasteiger partial charge in [-0.2, -0.15) is 0 Å². The molecule has 0 saturated carbocycles. The third-order valence-corrected chi connectivity index (χ3v) is 2.69.